The normalized spacial score (nSPS) is 13.9. The van der Waals surface area contributed by atoms with Crippen LogP contribution in [0.25, 0.3) is 0 Å². The van der Waals surface area contributed by atoms with Crippen LogP contribution in [0.1, 0.15) is 6.92 Å². The van der Waals surface area contributed by atoms with Crippen molar-refractivity contribution in [2.24, 2.45) is 5.73 Å². The monoisotopic (exact) mass is 240 g/mol. The second kappa shape index (κ2) is 5.14. The highest BCUT2D eigenvalue weighted by Crippen LogP contribution is 2.15. The number of nitrogens with zero attached hydrogens (tertiary/aromatic N) is 1. The van der Waals surface area contributed by atoms with Crippen LogP contribution in [0.3, 0.4) is 0 Å². The number of likely N-dealkylation sites (N-methyl/N-ethyl adjacent to an activating group) is 1. The Morgan fingerprint density at radius 3 is 2.47 bits per heavy atom. The molecule has 0 heterocycles. The first-order valence-electron chi connectivity index (χ1n) is 5.21. The van der Waals surface area contributed by atoms with E-state index in [9.17, 15) is 9.18 Å². The molecular formula is C12H17FN2O2. The Morgan fingerprint density at radius 1 is 1.47 bits per heavy atom. The van der Waals surface area contributed by atoms with Gasteiger partial charge in [0.1, 0.15) is 11.4 Å². The maximum Gasteiger partial charge on any atom is 0.327 e. The molecule has 0 aliphatic carbocycles. The number of anilines is 1. The molecule has 1 rings (SSSR count). The fraction of sp³-hybridized carbons (Fsp3) is 0.417. The molecule has 0 aliphatic heterocycles. The molecule has 5 heteroatoms. The van der Waals surface area contributed by atoms with E-state index in [2.05, 4.69) is 4.74 Å². The molecule has 17 heavy (non-hydrogen) atoms. The topological polar surface area (TPSA) is 55.6 Å². The summed E-state index contributed by atoms with van der Waals surface area (Å²) in [4.78, 5) is 13.2. The van der Waals surface area contributed by atoms with Crippen molar-refractivity contribution in [1.82, 2.24) is 0 Å². The molecule has 0 fully saturated rings. The van der Waals surface area contributed by atoms with E-state index in [1.54, 1.807) is 31.0 Å². The molecule has 0 aliphatic rings. The number of hydrogen-bond acceptors (Lipinski definition) is 4. The van der Waals surface area contributed by atoms with E-state index < -0.39 is 11.5 Å². The van der Waals surface area contributed by atoms with Gasteiger partial charge in [0.15, 0.2) is 0 Å². The van der Waals surface area contributed by atoms with Gasteiger partial charge in [-0.25, -0.2) is 4.39 Å². The maximum absolute atomic E-state index is 12.8. The van der Waals surface area contributed by atoms with Crippen LogP contribution in [0.4, 0.5) is 10.1 Å². The molecule has 0 spiro atoms. The average molecular weight is 240 g/mol. The Bertz CT molecular complexity index is 390. The van der Waals surface area contributed by atoms with E-state index in [0.717, 1.165) is 5.69 Å². The zero-order valence-electron chi connectivity index (χ0n) is 10.2. The standard InChI is InChI=1S/C12H17FN2O2/c1-12(14,11(16)17-3)8-15(2)10-6-4-9(13)5-7-10/h4-7H,8,14H2,1-3H3. The van der Waals surface area contributed by atoms with Gasteiger partial charge in [-0.05, 0) is 31.2 Å². The summed E-state index contributed by atoms with van der Waals surface area (Å²) >= 11 is 0. The number of halogens is 1. The van der Waals surface area contributed by atoms with Gasteiger partial charge in [-0.1, -0.05) is 0 Å². The Hall–Kier alpha value is -1.62. The fourth-order valence-corrected chi connectivity index (χ4v) is 1.58. The SMILES string of the molecule is COC(=O)C(C)(N)CN(C)c1ccc(F)cc1. The van der Waals surface area contributed by atoms with Gasteiger partial charge in [-0.3, -0.25) is 4.79 Å². The maximum atomic E-state index is 12.8. The van der Waals surface area contributed by atoms with Crippen molar-refractivity contribution in [1.29, 1.82) is 0 Å². The number of methoxy groups -OCH3 is 1. The Labute approximate surface area is 100 Å². The Morgan fingerprint density at radius 2 is 2.00 bits per heavy atom. The molecule has 0 radical (unpaired) electrons. The first kappa shape index (κ1) is 13.4. The lowest BCUT2D eigenvalue weighted by atomic mass is 10.0. The molecule has 1 aromatic carbocycles. The summed E-state index contributed by atoms with van der Waals surface area (Å²) in [6, 6.07) is 5.97. The first-order chi connectivity index (χ1) is 7.86. The average Bonchev–Trinajstić information content (AvgIpc) is 2.28. The number of carbonyl (C=O) groups is 1. The zero-order chi connectivity index (χ0) is 13.1. The van der Waals surface area contributed by atoms with Crippen molar-refractivity contribution < 1.29 is 13.9 Å². The summed E-state index contributed by atoms with van der Waals surface area (Å²) in [7, 11) is 3.08. The highest BCUT2D eigenvalue weighted by Gasteiger charge is 2.31. The molecule has 94 valence electrons. The van der Waals surface area contributed by atoms with Crippen LogP contribution < -0.4 is 10.6 Å². The van der Waals surface area contributed by atoms with Crippen LogP contribution in [0, 0.1) is 5.82 Å². The van der Waals surface area contributed by atoms with Crippen LogP contribution in [0.2, 0.25) is 0 Å². The highest BCUT2D eigenvalue weighted by molar-refractivity contribution is 5.80. The molecule has 1 aromatic rings. The van der Waals surface area contributed by atoms with Crippen LogP contribution in [-0.4, -0.2) is 32.2 Å². The molecule has 0 aromatic heterocycles. The molecule has 0 saturated heterocycles. The minimum absolute atomic E-state index is 0.283. The third kappa shape index (κ3) is 3.42. The summed E-state index contributed by atoms with van der Waals surface area (Å²) in [5.74, 6) is -0.780. The van der Waals surface area contributed by atoms with Gasteiger partial charge in [-0.15, -0.1) is 0 Å². The Balaban J connectivity index is 2.75. The van der Waals surface area contributed by atoms with Crippen LogP contribution >= 0.6 is 0 Å². The number of nitrogens with two attached hydrogens (primary N) is 1. The molecule has 4 nitrogen and oxygen atoms in total. The van der Waals surface area contributed by atoms with Gasteiger partial charge in [0, 0.05) is 19.3 Å². The summed E-state index contributed by atoms with van der Waals surface area (Å²) in [6.45, 7) is 1.88. The summed E-state index contributed by atoms with van der Waals surface area (Å²) in [5.41, 5.74) is 5.53. The molecule has 1 atom stereocenters. The van der Waals surface area contributed by atoms with Crippen molar-refractivity contribution in [3.8, 4) is 0 Å². The number of carbonyl (C=O) groups excluding carboxylic acids is 1. The predicted molar refractivity (Wildman–Crippen MR) is 64.3 cm³/mol. The largest absolute Gasteiger partial charge is 0.468 e. The zero-order valence-corrected chi connectivity index (χ0v) is 10.2. The van der Waals surface area contributed by atoms with Crippen LogP contribution in [0.15, 0.2) is 24.3 Å². The second-order valence-electron chi connectivity index (χ2n) is 4.24. The first-order valence-corrected chi connectivity index (χ1v) is 5.21. The summed E-state index contributed by atoms with van der Waals surface area (Å²) < 4.78 is 17.4. The lowest BCUT2D eigenvalue weighted by Gasteiger charge is -2.29. The summed E-state index contributed by atoms with van der Waals surface area (Å²) in [6.07, 6.45) is 0. The molecule has 0 amide bonds. The van der Waals surface area contributed by atoms with E-state index in [4.69, 9.17) is 5.73 Å². The number of benzene rings is 1. The molecule has 0 saturated carbocycles. The smallest absolute Gasteiger partial charge is 0.327 e. The van der Waals surface area contributed by atoms with Gasteiger partial charge in [0.05, 0.1) is 7.11 Å². The minimum atomic E-state index is -1.10. The van der Waals surface area contributed by atoms with Gasteiger partial charge < -0.3 is 15.4 Å². The lowest BCUT2D eigenvalue weighted by molar-refractivity contribution is -0.145. The predicted octanol–water partition coefficient (Wildman–Crippen LogP) is 1.15. The van der Waals surface area contributed by atoms with Gasteiger partial charge >= 0.3 is 5.97 Å². The van der Waals surface area contributed by atoms with Crippen molar-refractivity contribution in [3.63, 3.8) is 0 Å². The van der Waals surface area contributed by atoms with E-state index >= 15 is 0 Å². The minimum Gasteiger partial charge on any atom is -0.468 e. The summed E-state index contributed by atoms with van der Waals surface area (Å²) in [5, 5.41) is 0. The van der Waals surface area contributed by atoms with E-state index in [1.165, 1.54) is 19.2 Å². The van der Waals surface area contributed by atoms with Crippen LogP contribution in [0.5, 0.6) is 0 Å². The number of esters is 1. The molecular weight excluding hydrogens is 223 g/mol. The van der Waals surface area contributed by atoms with Crippen LogP contribution in [-0.2, 0) is 9.53 Å². The van der Waals surface area contributed by atoms with Crippen molar-refractivity contribution in [2.75, 3.05) is 25.6 Å². The third-order valence-electron chi connectivity index (χ3n) is 2.48. The molecule has 1 unspecified atom stereocenters. The highest BCUT2D eigenvalue weighted by atomic mass is 19.1. The molecule has 0 bridgehead atoms. The van der Waals surface area contributed by atoms with E-state index in [0.29, 0.717) is 0 Å². The Kier molecular flexibility index (Phi) is 4.07. The van der Waals surface area contributed by atoms with Gasteiger partial charge in [0.2, 0.25) is 0 Å². The van der Waals surface area contributed by atoms with Crippen molar-refractivity contribution in [2.45, 2.75) is 12.5 Å². The van der Waals surface area contributed by atoms with E-state index in [1.807, 2.05) is 0 Å². The molecule has 2 N–H and O–H groups in total. The lowest BCUT2D eigenvalue weighted by Crippen LogP contribution is -2.53. The van der Waals surface area contributed by atoms with E-state index in [-0.39, 0.29) is 12.4 Å². The van der Waals surface area contributed by atoms with Crippen molar-refractivity contribution in [3.05, 3.63) is 30.1 Å². The third-order valence-corrected chi connectivity index (χ3v) is 2.48. The number of rotatable bonds is 4. The number of hydrogen-bond donors (Lipinski definition) is 1. The van der Waals surface area contributed by atoms with Crippen molar-refractivity contribution >= 4 is 11.7 Å². The fourth-order valence-electron chi connectivity index (χ4n) is 1.58. The number of ether oxygens (including phenoxy) is 1. The second-order valence-corrected chi connectivity index (χ2v) is 4.24. The van der Waals surface area contributed by atoms with Gasteiger partial charge in [0.25, 0.3) is 0 Å². The van der Waals surface area contributed by atoms with Gasteiger partial charge in [-0.2, -0.15) is 0 Å². The quantitative estimate of drug-likeness (QED) is 0.802.